The lowest BCUT2D eigenvalue weighted by molar-refractivity contribution is -0.133. The normalized spacial score (nSPS) is 18.4. The lowest BCUT2D eigenvalue weighted by Crippen LogP contribution is -2.54. The maximum absolute atomic E-state index is 13.4. The Bertz CT molecular complexity index is 1090. The summed E-state index contributed by atoms with van der Waals surface area (Å²) in [5, 5.41) is 7.32. The van der Waals surface area contributed by atoms with Crippen LogP contribution in [0.15, 0.2) is 66.9 Å². The molecule has 0 bridgehead atoms. The van der Waals surface area contributed by atoms with Gasteiger partial charge in [-0.2, -0.15) is 5.10 Å². The highest BCUT2D eigenvalue weighted by Crippen LogP contribution is 2.37. The summed E-state index contributed by atoms with van der Waals surface area (Å²) in [5.41, 5.74) is 3.13. The summed E-state index contributed by atoms with van der Waals surface area (Å²) < 4.78 is 1.63. The van der Waals surface area contributed by atoms with E-state index in [1.165, 1.54) is 0 Å². The third-order valence-corrected chi connectivity index (χ3v) is 6.25. The maximum Gasteiger partial charge on any atom is 0.274 e. The molecule has 1 fully saturated rings. The van der Waals surface area contributed by atoms with E-state index in [0.29, 0.717) is 31.7 Å². The summed E-state index contributed by atoms with van der Waals surface area (Å²) in [7, 11) is 1.80. The molecule has 4 rings (SSSR count). The Morgan fingerprint density at radius 2 is 1.81 bits per heavy atom. The molecule has 1 aliphatic rings. The maximum atomic E-state index is 13.4. The second kappa shape index (κ2) is 9.39. The van der Waals surface area contributed by atoms with E-state index in [9.17, 15) is 9.59 Å². The molecule has 1 aliphatic heterocycles. The van der Waals surface area contributed by atoms with Crippen LogP contribution in [-0.4, -0.2) is 46.1 Å². The molecule has 6 heteroatoms. The quantitative estimate of drug-likeness (QED) is 0.649. The largest absolute Gasteiger partial charge is 0.356 e. The summed E-state index contributed by atoms with van der Waals surface area (Å²) in [4.78, 5) is 28.4. The molecule has 0 spiro atoms. The molecule has 0 unspecified atom stereocenters. The van der Waals surface area contributed by atoms with Crippen molar-refractivity contribution in [3.8, 4) is 11.1 Å². The fraction of sp³-hybridized carbons (Fsp3) is 0.346. The fourth-order valence-electron chi connectivity index (χ4n) is 4.69. The van der Waals surface area contributed by atoms with Gasteiger partial charge in [0.25, 0.3) is 5.91 Å². The van der Waals surface area contributed by atoms with E-state index in [1.807, 2.05) is 37.3 Å². The number of rotatable bonds is 6. The number of likely N-dealkylation sites (tertiary alicyclic amines) is 1. The molecule has 2 amide bonds. The smallest absolute Gasteiger partial charge is 0.274 e. The number of hydrogen-bond acceptors (Lipinski definition) is 3. The minimum Gasteiger partial charge on any atom is -0.356 e. The van der Waals surface area contributed by atoms with Gasteiger partial charge in [-0.3, -0.25) is 14.3 Å². The molecule has 2 aromatic carbocycles. The number of aryl methyl sites for hydroxylation is 1. The number of nitrogens with one attached hydrogen (secondary N) is 1. The van der Waals surface area contributed by atoms with Crippen molar-refractivity contribution in [3.63, 3.8) is 0 Å². The summed E-state index contributed by atoms with van der Waals surface area (Å²) in [6.07, 6.45) is 3.87. The topological polar surface area (TPSA) is 67.2 Å². The van der Waals surface area contributed by atoms with Crippen LogP contribution in [0.2, 0.25) is 0 Å². The van der Waals surface area contributed by atoms with Crippen molar-refractivity contribution in [2.24, 2.45) is 12.5 Å². The molecule has 1 N–H and O–H groups in total. The van der Waals surface area contributed by atoms with Crippen molar-refractivity contribution < 1.29 is 9.59 Å². The first kappa shape index (κ1) is 21.8. The first-order chi connectivity index (χ1) is 15.5. The number of carbonyl (C=O) groups excluding carboxylic acids is 2. The van der Waals surface area contributed by atoms with Crippen LogP contribution < -0.4 is 5.32 Å². The zero-order valence-corrected chi connectivity index (χ0v) is 18.8. The van der Waals surface area contributed by atoms with E-state index >= 15 is 0 Å². The monoisotopic (exact) mass is 430 g/mol. The van der Waals surface area contributed by atoms with Crippen molar-refractivity contribution in [2.45, 2.75) is 26.2 Å². The standard InChI is InChI=1S/C26H30N4O2/c1-3-27-25(32)26(15-9-16-30(19-26)24(31)23-14-17-29(2)28-23)18-21-12-7-8-13-22(21)20-10-5-4-6-11-20/h4-8,10-14,17H,3,9,15-16,18-19H2,1-2H3,(H,27,32)/t26-/m0/s1. The number of piperidine rings is 1. The molecule has 3 aromatic rings. The van der Waals surface area contributed by atoms with E-state index in [1.54, 1.807) is 28.9 Å². The predicted molar refractivity (Wildman–Crippen MR) is 125 cm³/mol. The predicted octanol–water partition coefficient (Wildman–Crippen LogP) is 3.69. The molecular weight excluding hydrogens is 400 g/mol. The van der Waals surface area contributed by atoms with Crippen LogP contribution in [-0.2, 0) is 18.3 Å². The second-order valence-corrected chi connectivity index (χ2v) is 8.54. The Morgan fingerprint density at radius 1 is 1.06 bits per heavy atom. The summed E-state index contributed by atoms with van der Waals surface area (Å²) in [6.45, 7) is 3.52. The fourth-order valence-corrected chi connectivity index (χ4v) is 4.69. The molecule has 0 saturated carbocycles. The van der Waals surface area contributed by atoms with Gasteiger partial charge >= 0.3 is 0 Å². The third kappa shape index (κ3) is 4.44. The molecule has 0 radical (unpaired) electrons. The Hall–Kier alpha value is -3.41. The van der Waals surface area contributed by atoms with Gasteiger partial charge in [0.2, 0.25) is 5.91 Å². The van der Waals surface area contributed by atoms with Gasteiger partial charge in [-0.25, -0.2) is 0 Å². The van der Waals surface area contributed by atoms with Crippen molar-refractivity contribution >= 4 is 11.8 Å². The molecule has 1 aromatic heterocycles. The minimum atomic E-state index is -0.677. The summed E-state index contributed by atoms with van der Waals surface area (Å²) >= 11 is 0. The van der Waals surface area contributed by atoms with E-state index in [0.717, 1.165) is 29.5 Å². The SMILES string of the molecule is CCNC(=O)[C@]1(Cc2ccccc2-c2ccccc2)CCCN(C(=O)c2ccn(C)n2)C1. The number of aromatic nitrogens is 2. The zero-order chi connectivity index (χ0) is 22.6. The van der Waals surface area contributed by atoms with E-state index in [2.05, 4.69) is 34.7 Å². The lowest BCUT2D eigenvalue weighted by atomic mass is 9.73. The van der Waals surface area contributed by atoms with Crippen LogP contribution in [0.3, 0.4) is 0 Å². The lowest BCUT2D eigenvalue weighted by Gasteiger charge is -2.42. The van der Waals surface area contributed by atoms with Crippen LogP contribution >= 0.6 is 0 Å². The molecule has 2 heterocycles. The highest BCUT2D eigenvalue weighted by atomic mass is 16.2. The second-order valence-electron chi connectivity index (χ2n) is 8.54. The Kier molecular flexibility index (Phi) is 6.40. The van der Waals surface area contributed by atoms with Gasteiger partial charge in [0, 0.05) is 32.9 Å². The molecule has 166 valence electrons. The van der Waals surface area contributed by atoms with Crippen molar-refractivity contribution in [1.82, 2.24) is 20.0 Å². The number of benzene rings is 2. The highest BCUT2D eigenvalue weighted by molar-refractivity contribution is 5.93. The van der Waals surface area contributed by atoms with Gasteiger partial charge < -0.3 is 10.2 Å². The Morgan fingerprint density at radius 3 is 2.53 bits per heavy atom. The number of carbonyl (C=O) groups is 2. The molecule has 6 nitrogen and oxygen atoms in total. The summed E-state index contributed by atoms with van der Waals surface area (Å²) in [6, 6.07) is 20.2. The van der Waals surface area contributed by atoms with E-state index in [4.69, 9.17) is 0 Å². The average molecular weight is 431 g/mol. The molecule has 0 aliphatic carbocycles. The first-order valence-electron chi connectivity index (χ1n) is 11.2. The van der Waals surface area contributed by atoms with Crippen LogP contribution in [0.25, 0.3) is 11.1 Å². The van der Waals surface area contributed by atoms with Gasteiger partial charge in [-0.05, 0) is 48.9 Å². The summed E-state index contributed by atoms with van der Waals surface area (Å²) in [5.74, 6) is -0.100. The van der Waals surface area contributed by atoms with E-state index < -0.39 is 5.41 Å². The number of hydrogen-bond donors (Lipinski definition) is 1. The minimum absolute atomic E-state index is 0.0152. The van der Waals surface area contributed by atoms with Gasteiger partial charge in [-0.1, -0.05) is 54.6 Å². The van der Waals surface area contributed by atoms with E-state index in [-0.39, 0.29) is 11.8 Å². The highest BCUT2D eigenvalue weighted by Gasteiger charge is 2.44. The first-order valence-corrected chi connectivity index (χ1v) is 11.2. The van der Waals surface area contributed by atoms with Crippen LogP contribution in [0.1, 0.15) is 35.8 Å². The van der Waals surface area contributed by atoms with Gasteiger partial charge in [0.05, 0.1) is 5.41 Å². The van der Waals surface area contributed by atoms with Crippen molar-refractivity contribution in [1.29, 1.82) is 0 Å². The molecular formula is C26H30N4O2. The molecule has 1 atom stereocenters. The number of nitrogens with zero attached hydrogens (tertiary/aromatic N) is 3. The van der Waals surface area contributed by atoms with Gasteiger partial charge in [0.1, 0.15) is 5.69 Å². The van der Waals surface area contributed by atoms with Gasteiger partial charge in [0.15, 0.2) is 0 Å². The molecule has 1 saturated heterocycles. The Labute approximate surface area is 189 Å². The van der Waals surface area contributed by atoms with Crippen LogP contribution in [0.4, 0.5) is 0 Å². The Balaban J connectivity index is 1.67. The van der Waals surface area contributed by atoms with Gasteiger partial charge in [-0.15, -0.1) is 0 Å². The van der Waals surface area contributed by atoms with Crippen LogP contribution in [0.5, 0.6) is 0 Å². The molecule has 32 heavy (non-hydrogen) atoms. The van der Waals surface area contributed by atoms with Crippen LogP contribution in [0, 0.1) is 5.41 Å². The van der Waals surface area contributed by atoms with Crippen molar-refractivity contribution in [3.05, 3.63) is 78.1 Å². The zero-order valence-electron chi connectivity index (χ0n) is 18.8. The number of amides is 2. The average Bonchev–Trinajstić information content (AvgIpc) is 3.26. The third-order valence-electron chi connectivity index (χ3n) is 6.25. The van der Waals surface area contributed by atoms with Crippen molar-refractivity contribution in [2.75, 3.05) is 19.6 Å².